The Balaban J connectivity index is 1.90. The number of hydrogen-bond acceptors (Lipinski definition) is 2. The summed E-state index contributed by atoms with van der Waals surface area (Å²) < 4.78 is 0. The van der Waals surface area contributed by atoms with Gasteiger partial charge >= 0.3 is 0 Å². The third-order valence-corrected chi connectivity index (χ3v) is 5.14. The van der Waals surface area contributed by atoms with Gasteiger partial charge in [-0.15, -0.1) is 0 Å². The van der Waals surface area contributed by atoms with E-state index in [-0.39, 0.29) is 17.5 Å². The maximum absolute atomic E-state index is 12.8. The molecule has 0 radical (unpaired) electrons. The predicted molar refractivity (Wildman–Crippen MR) is 109 cm³/mol. The second kappa shape index (κ2) is 8.59. The third-order valence-electron chi connectivity index (χ3n) is 5.14. The maximum Gasteiger partial charge on any atom is 0.163 e. The van der Waals surface area contributed by atoms with Gasteiger partial charge in [-0.25, -0.2) is 0 Å². The Labute approximate surface area is 160 Å². The average molecular weight is 356 g/mol. The van der Waals surface area contributed by atoms with E-state index in [4.69, 9.17) is 0 Å². The van der Waals surface area contributed by atoms with Crippen LogP contribution >= 0.6 is 0 Å². The van der Waals surface area contributed by atoms with Gasteiger partial charge < -0.3 is 0 Å². The average Bonchev–Trinajstić information content (AvgIpc) is 2.71. The van der Waals surface area contributed by atoms with Crippen LogP contribution in [0.2, 0.25) is 0 Å². The van der Waals surface area contributed by atoms with Crippen LogP contribution in [0.4, 0.5) is 0 Å². The molecule has 0 bridgehead atoms. The van der Waals surface area contributed by atoms with E-state index in [1.807, 2.05) is 72.8 Å². The number of Topliss-reactive ketones (excluding diaryl/α,β-unsaturated/α-hetero) is 2. The Bertz CT molecular complexity index is 874. The molecule has 0 aliphatic rings. The third kappa shape index (κ3) is 4.59. The van der Waals surface area contributed by atoms with Crippen molar-refractivity contribution in [3.8, 4) is 0 Å². The quantitative estimate of drug-likeness (QED) is 0.491. The molecule has 27 heavy (non-hydrogen) atoms. The summed E-state index contributed by atoms with van der Waals surface area (Å²) in [6, 6.07) is 24.7. The van der Waals surface area contributed by atoms with Gasteiger partial charge in [-0.2, -0.15) is 0 Å². The van der Waals surface area contributed by atoms with Crippen molar-refractivity contribution in [3.05, 3.63) is 107 Å². The van der Waals surface area contributed by atoms with Crippen molar-refractivity contribution in [2.24, 2.45) is 0 Å². The second-order valence-corrected chi connectivity index (χ2v) is 6.97. The van der Waals surface area contributed by atoms with Gasteiger partial charge in [0.05, 0.1) is 0 Å². The predicted octanol–water partition coefficient (Wildman–Crippen LogP) is 5.93. The number of carbonyl (C=O) groups is 2. The van der Waals surface area contributed by atoms with Gasteiger partial charge in [0.25, 0.3) is 0 Å². The molecule has 3 aromatic carbocycles. The fourth-order valence-electron chi connectivity index (χ4n) is 3.44. The van der Waals surface area contributed by atoms with Crippen molar-refractivity contribution < 1.29 is 9.59 Å². The molecule has 0 atom stereocenters. The van der Waals surface area contributed by atoms with Crippen molar-refractivity contribution in [1.29, 1.82) is 0 Å². The van der Waals surface area contributed by atoms with Gasteiger partial charge in [-0.3, -0.25) is 9.59 Å². The fourth-order valence-corrected chi connectivity index (χ4v) is 3.44. The summed E-state index contributed by atoms with van der Waals surface area (Å²) in [6.45, 7) is 4.13. The molecule has 0 fully saturated rings. The van der Waals surface area contributed by atoms with Crippen LogP contribution in [0.25, 0.3) is 0 Å². The highest BCUT2D eigenvalue weighted by Crippen LogP contribution is 2.30. The largest absolute Gasteiger partial charge is 0.294 e. The summed E-state index contributed by atoms with van der Waals surface area (Å²) >= 11 is 0. The van der Waals surface area contributed by atoms with Gasteiger partial charge in [-0.05, 0) is 36.5 Å². The zero-order valence-corrected chi connectivity index (χ0v) is 15.8. The second-order valence-electron chi connectivity index (χ2n) is 6.97. The topological polar surface area (TPSA) is 34.1 Å². The van der Waals surface area contributed by atoms with E-state index in [0.29, 0.717) is 24.0 Å². The number of benzene rings is 3. The Morgan fingerprint density at radius 3 is 1.63 bits per heavy atom. The summed E-state index contributed by atoms with van der Waals surface area (Å²) in [5.41, 5.74) is 4.81. The van der Waals surface area contributed by atoms with E-state index in [1.54, 1.807) is 0 Å². The number of hydrogen-bond donors (Lipinski definition) is 0. The van der Waals surface area contributed by atoms with Crippen molar-refractivity contribution in [1.82, 2.24) is 0 Å². The van der Waals surface area contributed by atoms with Crippen molar-refractivity contribution in [2.45, 2.75) is 32.6 Å². The van der Waals surface area contributed by atoms with Crippen molar-refractivity contribution in [3.63, 3.8) is 0 Å². The SMILES string of the molecule is Cc1cccc(C(CC(=O)c2ccccc2)CC(=O)c2ccccc2)c1C. The first-order valence-electron chi connectivity index (χ1n) is 9.29. The van der Waals surface area contributed by atoms with E-state index < -0.39 is 0 Å². The molecule has 0 heterocycles. The molecular weight excluding hydrogens is 332 g/mol. The van der Waals surface area contributed by atoms with Crippen LogP contribution in [0.1, 0.15) is 56.2 Å². The number of ketones is 2. The van der Waals surface area contributed by atoms with Gasteiger partial charge in [0.1, 0.15) is 0 Å². The first-order valence-corrected chi connectivity index (χ1v) is 9.29. The normalized spacial score (nSPS) is 10.8. The first-order chi connectivity index (χ1) is 13.1. The smallest absolute Gasteiger partial charge is 0.163 e. The van der Waals surface area contributed by atoms with Crippen molar-refractivity contribution >= 4 is 11.6 Å². The molecule has 0 N–H and O–H groups in total. The number of carbonyl (C=O) groups excluding carboxylic acids is 2. The summed E-state index contributed by atoms with van der Waals surface area (Å²) in [7, 11) is 0. The summed E-state index contributed by atoms with van der Waals surface area (Å²) in [5.74, 6) is 0.00930. The van der Waals surface area contributed by atoms with Crippen LogP contribution in [-0.4, -0.2) is 11.6 Å². The van der Waals surface area contributed by atoms with Crippen LogP contribution in [-0.2, 0) is 0 Å². The van der Waals surface area contributed by atoms with Gasteiger partial charge in [0, 0.05) is 24.0 Å². The van der Waals surface area contributed by atoms with E-state index in [1.165, 1.54) is 5.56 Å². The molecular formula is C25H24O2. The molecule has 0 aliphatic heterocycles. The van der Waals surface area contributed by atoms with Crippen LogP contribution in [0.15, 0.2) is 78.9 Å². The molecule has 2 heteroatoms. The Hall–Kier alpha value is -3.00. The highest BCUT2D eigenvalue weighted by Gasteiger charge is 2.23. The zero-order chi connectivity index (χ0) is 19.2. The van der Waals surface area contributed by atoms with Crippen LogP contribution in [0, 0.1) is 13.8 Å². The highest BCUT2D eigenvalue weighted by molar-refractivity contribution is 5.99. The maximum atomic E-state index is 12.8. The summed E-state index contributed by atoms with van der Waals surface area (Å²) in [4.78, 5) is 25.7. The molecule has 0 saturated carbocycles. The van der Waals surface area contributed by atoms with E-state index in [0.717, 1.165) is 11.1 Å². The summed E-state index contributed by atoms with van der Waals surface area (Å²) in [6.07, 6.45) is 0.653. The minimum atomic E-state index is -0.134. The van der Waals surface area contributed by atoms with Crippen LogP contribution < -0.4 is 0 Å². The van der Waals surface area contributed by atoms with Crippen molar-refractivity contribution in [2.75, 3.05) is 0 Å². The van der Waals surface area contributed by atoms with Gasteiger partial charge in [0.2, 0.25) is 0 Å². The molecule has 0 aliphatic carbocycles. The lowest BCUT2D eigenvalue weighted by Gasteiger charge is -2.20. The van der Waals surface area contributed by atoms with Gasteiger partial charge in [0.15, 0.2) is 11.6 Å². The molecule has 3 rings (SSSR count). The molecule has 2 nitrogen and oxygen atoms in total. The van der Waals surface area contributed by atoms with E-state index >= 15 is 0 Å². The highest BCUT2D eigenvalue weighted by atomic mass is 16.1. The standard InChI is InChI=1S/C25H24O2/c1-18-10-9-15-23(19(18)2)22(16-24(26)20-11-5-3-6-12-20)17-25(27)21-13-7-4-8-14-21/h3-15,22H,16-17H2,1-2H3. The van der Waals surface area contributed by atoms with E-state index in [9.17, 15) is 9.59 Å². The minimum absolute atomic E-state index is 0.0716. The monoisotopic (exact) mass is 356 g/mol. The lowest BCUT2D eigenvalue weighted by molar-refractivity contribution is 0.0944. The fraction of sp³-hybridized carbons (Fsp3) is 0.200. The molecule has 136 valence electrons. The molecule has 0 aromatic heterocycles. The lowest BCUT2D eigenvalue weighted by Crippen LogP contribution is -2.14. The number of aryl methyl sites for hydroxylation is 1. The first kappa shape index (κ1) is 18.8. The Kier molecular flexibility index (Phi) is 5.97. The molecule has 3 aromatic rings. The molecule has 0 amide bonds. The summed E-state index contributed by atoms with van der Waals surface area (Å²) in [5, 5.41) is 0. The minimum Gasteiger partial charge on any atom is -0.294 e. The molecule has 0 saturated heterocycles. The lowest BCUT2D eigenvalue weighted by atomic mass is 9.83. The number of rotatable bonds is 7. The molecule has 0 spiro atoms. The Morgan fingerprint density at radius 1 is 0.667 bits per heavy atom. The zero-order valence-electron chi connectivity index (χ0n) is 15.8. The molecule has 0 unspecified atom stereocenters. The van der Waals surface area contributed by atoms with Crippen LogP contribution in [0.5, 0.6) is 0 Å². The Morgan fingerprint density at radius 2 is 1.15 bits per heavy atom. The van der Waals surface area contributed by atoms with E-state index in [2.05, 4.69) is 19.9 Å². The van der Waals surface area contributed by atoms with Gasteiger partial charge in [-0.1, -0.05) is 78.9 Å². The van der Waals surface area contributed by atoms with Crippen LogP contribution in [0.3, 0.4) is 0 Å².